The maximum Gasteiger partial charge on any atom is 0.157 e. The summed E-state index contributed by atoms with van der Waals surface area (Å²) in [6.45, 7) is 4.22. The molecule has 2 aliphatic rings. The van der Waals surface area contributed by atoms with Gasteiger partial charge in [0, 0.05) is 19.3 Å². The summed E-state index contributed by atoms with van der Waals surface area (Å²) in [5.41, 5.74) is 2.12. The maximum atomic E-state index is 6.38. The molecular formula is C17H24N4O. The minimum atomic E-state index is 0.356. The summed E-state index contributed by atoms with van der Waals surface area (Å²) >= 11 is 0. The molecule has 2 aromatic rings. The van der Waals surface area contributed by atoms with Crippen LogP contribution in [-0.4, -0.2) is 40.5 Å². The van der Waals surface area contributed by atoms with Gasteiger partial charge in [-0.05, 0) is 31.2 Å². The number of hydrogen-bond donors (Lipinski definition) is 1. The first-order chi connectivity index (χ1) is 10.8. The third-order valence-corrected chi connectivity index (χ3v) is 4.89. The fourth-order valence-corrected chi connectivity index (χ4v) is 3.50. The number of nitrogens with zero attached hydrogens (tertiary/aromatic N) is 3. The van der Waals surface area contributed by atoms with Gasteiger partial charge in [-0.2, -0.15) is 5.10 Å². The van der Waals surface area contributed by atoms with Crippen molar-refractivity contribution in [1.29, 1.82) is 0 Å². The molecule has 2 fully saturated rings. The lowest BCUT2D eigenvalue weighted by Crippen LogP contribution is -2.48. The summed E-state index contributed by atoms with van der Waals surface area (Å²) in [6, 6.07) is 2.12. The molecule has 1 aliphatic heterocycles. The van der Waals surface area contributed by atoms with E-state index in [1.165, 1.54) is 31.4 Å². The van der Waals surface area contributed by atoms with Gasteiger partial charge in [-0.15, -0.1) is 0 Å². The molecule has 0 bridgehead atoms. The maximum absolute atomic E-state index is 6.38. The highest BCUT2D eigenvalue weighted by Gasteiger charge is 2.38. The predicted octanol–water partition coefficient (Wildman–Crippen LogP) is 3.13. The number of H-pyrrole nitrogens is 1. The number of unbranched alkanes of at least 4 members (excludes halogenated alkanes) is 1. The Morgan fingerprint density at radius 3 is 3.09 bits per heavy atom. The van der Waals surface area contributed by atoms with Crippen LogP contribution in [0.3, 0.4) is 0 Å². The van der Waals surface area contributed by atoms with E-state index in [4.69, 9.17) is 4.74 Å². The number of hydrogen-bond acceptors (Lipinski definition) is 4. The fraction of sp³-hybridized carbons (Fsp3) is 0.647. The Morgan fingerprint density at radius 2 is 2.27 bits per heavy atom. The van der Waals surface area contributed by atoms with Gasteiger partial charge in [0.25, 0.3) is 0 Å². The molecule has 1 saturated heterocycles. The number of anilines is 1. The van der Waals surface area contributed by atoms with Crippen LogP contribution < -0.4 is 4.90 Å². The monoisotopic (exact) mass is 300 g/mol. The van der Waals surface area contributed by atoms with Crippen LogP contribution in [0.5, 0.6) is 0 Å². The lowest BCUT2D eigenvalue weighted by Gasteiger charge is -2.40. The molecule has 1 aliphatic carbocycles. The van der Waals surface area contributed by atoms with Gasteiger partial charge in [-0.3, -0.25) is 5.10 Å². The Kier molecular flexibility index (Phi) is 3.74. The van der Waals surface area contributed by atoms with Crippen LogP contribution in [-0.2, 0) is 4.74 Å². The molecule has 4 rings (SSSR count). The molecule has 22 heavy (non-hydrogen) atoms. The van der Waals surface area contributed by atoms with Crippen molar-refractivity contribution in [3.05, 3.63) is 18.5 Å². The van der Waals surface area contributed by atoms with Crippen LogP contribution in [0.1, 0.15) is 39.0 Å². The first kappa shape index (κ1) is 14.0. The van der Waals surface area contributed by atoms with Gasteiger partial charge < -0.3 is 9.64 Å². The highest BCUT2D eigenvalue weighted by atomic mass is 16.5. The summed E-state index contributed by atoms with van der Waals surface area (Å²) in [4.78, 5) is 6.85. The summed E-state index contributed by atoms with van der Waals surface area (Å²) in [6.07, 6.45) is 10.8. The Morgan fingerprint density at radius 1 is 1.36 bits per heavy atom. The van der Waals surface area contributed by atoms with Crippen molar-refractivity contribution in [2.75, 3.05) is 18.0 Å². The van der Waals surface area contributed by atoms with Gasteiger partial charge >= 0.3 is 0 Å². The summed E-state index contributed by atoms with van der Waals surface area (Å²) in [5, 5.41) is 8.24. The van der Waals surface area contributed by atoms with Crippen molar-refractivity contribution in [1.82, 2.24) is 15.2 Å². The predicted molar refractivity (Wildman–Crippen MR) is 87.0 cm³/mol. The van der Waals surface area contributed by atoms with Crippen molar-refractivity contribution in [2.24, 2.45) is 5.92 Å². The van der Waals surface area contributed by atoms with Crippen molar-refractivity contribution >= 4 is 16.7 Å². The SMILES string of the molecule is CCCC[C@@H]1CN(c2ccnc3[nH]ncc23)C[C@H](C2CC2)O1. The van der Waals surface area contributed by atoms with Gasteiger partial charge in [0.05, 0.1) is 29.5 Å². The molecule has 5 heteroatoms. The number of ether oxygens (including phenoxy) is 1. The lowest BCUT2D eigenvalue weighted by molar-refractivity contribution is -0.0409. The number of aromatic nitrogens is 3. The van der Waals surface area contributed by atoms with Gasteiger partial charge in [0.2, 0.25) is 0 Å². The number of aromatic amines is 1. The van der Waals surface area contributed by atoms with E-state index in [9.17, 15) is 0 Å². The molecule has 0 amide bonds. The zero-order valence-corrected chi connectivity index (χ0v) is 13.2. The van der Waals surface area contributed by atoms with Crippen molar-refractivity contribution in [2.45, 2.75) is 51.2 Å². The van der Waals surface area contributed by atoms with Crippen molar-refractivity contribution < 1.29 is 4.74 Å². The van der Waals surface area contributed by atoms with Crippen LogP contribution in [0.4, 0.5) is 5.69 Å². The lowest BCUT2D eigenvalue weighted by atomic mass is 10.1. The van der Waals surface area contributed by atoms with E-state index in [1.807, 2.05) is 12.4 Å². The van der Waals surface area contributed by atoms with Gasteiger partial charge in [0.1, 0.15) is 0 Å². The van der Waals surface area contributed by atoms with Crippen LogP contribution in [0.15, 0.2) is 18.5 Å². The number of nitrogens with one attached hydrogen (secondary N) is 1. The van der Waals surface area contributed by atoms with E-state index in [0.29, 0.717) is 12.2 Å². The van der Waals surface area contributed by atoms with E-state index in [0.717, 1.165) is 36.5 Å². The minimum Gasteiger partial charge on any atom is -0.371 e. The van der Waals surface area contributed by atoms with Crippen LogP contribution in [0, 0.1) is 5.92 Å². The van der Waals surface area contributed by atoms with E-state index in [1.54, 1.807) is 0 Å². The second-order valence-electron chi connectivity index (χ2n) is 6.64. The van der Waals surface area contributed by atoms with Crippen LogP contribution >= 0.6 is 0 Å². The fourth-order valence-electron chi connectivity index (χ4n) is 3.50. The third kappa shape index (κ3) is 2.70. The highest BCUT2D eigenvalue weighted by Crippen LogP contribution is 2.38. The molecule has 1 saturated carbocycles. The number of rotatable bonds is 5. The van der Waals surface area contributed by atoms with Gasteiger partial charge in [0.15, 0.2) is 5.65 Å². The summed E-state index contributed by atoms with van der Waals surface area (Å²) in [5.74, 6) is 0.772. The smallest absolute Gasteiger partial charge is 0.157 e. The minimum absolute atomic E-state index is 0.356. The molecule has 2 aromatic heterocycles. The average Bonchev–Trinajstić information content (AvgIpc) is 3.29. The second kappa shape index (κ2) is 5.88. The second-order valence-corrected chi connectivity index (χ2v) is 6.64. The Bertz CT molecular complexity index is 636. The zero-order chi connectivity index (χ0) is 14.9. The zero-order valence-electron chi connectivity index (χ0n) is 13.2. The normalized spacial score (nSPS) is 25.8. The Labute approximate surface area is 131 Å². The van der Waals surface area contributed by atoms with Crippen LogP contribution in [0.25, 0.3) is 11.0 Å². The summed E-state index contributed by atoms with van der Waals surface area (Å²) in [7, 11) is 0. The number of morpholine rings is 1. The molecule has 0 unspecified atom stereocenters. The summed E-state index contributed by atoms with van der Waals surface area (Å²) < 4.78 is 6.38. The molecule has 3 heterocycles. The van der Waals surface area contributed by atoms with E-state index in [-0.39, 0.29) is 0 Å². The van der Waals surface area contributed by atoms with E-state index < -0.39 is 0 Å². The Hall–Kier alpha value is -1.62. The van der Waals surface area contributed by atoms with Gasteiger partial charge in [-0.1, -0.05) is 19.8 Å². The standard InChI is InChI=1S/C17H24N4O/c1-2-3-4-13-10-21(11-16(22-13)12-5-6-12)15-7-8-18-17-14(15)9-19-20-17/h7-9,12-13,16H,2-6,10-11H2,1H3,(H,18,19,20)/t13-,16-/m1/s1. The molecular weight excluding hydrogens is 276 g/mol. The third-order valence-electron chi connectivity index (χ3n) is 4.89. The highest BCUT2D eigenvalue weighted by molar-refractivity contribution is 5.88. The van der Waals surface area contributed by atoms with Crippen molar-refractivity contribution in [3.63, 3.8) is 0 Å². The largest absolute Gasteiger partial charge is 0.371 e. The first-order valence-corrected chi connectivity index (χ1v) is 8.53. The number of pyridine rings is 1. The van der Waals surface area contributed by atoms with Crippen molar-refractivity contribution in [3.8, 4) is 0 Å². The van der Waals surface area contributed by atoms with E-state index in [2.05, 4.69) is 33.1 Å². The average molecular weight is 300 g/mol. The molecule has 0 spiro atoms. The number of fused-ring (bicyclic) bond motifs is 1. The Balaban J connectivity index is 1.59. The topological polar surface area (TPSA) is 54.0 Å². The molecule has 2 atom stereocenters. The van der Waals surface area contributed by atoms with E-state index >= 15 is 0 Å². The van der Waals surface area contributed by atoms with Gasteiger partial charge in [-0.25, -0.2) is 4.98 Å². The van der Waals surface area contributed by atoms with Crippen LogP contribution in [0.2, 0.25) is 0 Å². The molecule has 5 nitrogen and oxygen atoms in total. The first-order valence-electron chi connectivity index (χ1n) is 8.53. The quantitative estimate of drug-likeness (QED) is 0.921. The molecule has 1 N–H and O–H groups in total. The molecule has 0 radical (unpaired) electrons. The molecule has 118 valence electrons. The molecule has 0 aromatic carbocycles.